The van der Waals surface area contributed by atoms with Gasteiger partial charge in [-0.2, -0.15) is 0 Å². The molecule has 2 heterocycles. The molecule has 110 valence electrons. The molecule has 0 bridgehead atoms. The highest BCUT2D eigenvalue weighted by molar-refractivity contribution is 5.31. The molecule has 3 rings (SSSR count). The van der Waals surface area contributed by atoms with Crippen LogP contribution in [-0.4, -0.2) is 45.5 Å². The van der Waals surface area contributed by atoms with Gasteiger partial charge in [-0.3, -0.25) is 0 Å². The van der Waals surface area contributed by atoms with Crippen molar-refractivity contribution in [3.05, 3.63) is 12.2 Å². The van der Waals surface area contributed by atoms with E-state index in [0.29, 0.717) is 0 Å². The van der Waals surface area contributed by atoms with Crippen molar-refractivity contribution in [1.82, 2.24) is 20.2 Å². The number of hydrogen-bond donors (Lipinski definition) is 0. The molecule has 1 aliphatic carbocycles. The number of likely N-dealkylation sites (N-methyl/N-ethyl adjacent to an activating group) is 1. The van der Waals surface area contributed by atoms with E-state index in [0.717, 1.165) is 37.6 Å². The Balaban J connectivity index is 1.77. The minimum Gasteiger partial charge on any atom is -0.373 e. The lowest BCUT2D eigenvalue weighted by atomic mass is 9.77. The van der Waals surface area contributed by atoms with Crippen LogP contribution in [0.4, 0.5) is 5.95 Å². The lowest BCUT2D eigenvalue weighted by molar-refractivity contribution is -0.0564. The Morgan fingerprint density at radius 1 is 1.55 bits per heavy atom. The van der Waals surface area contributed by atoms with Crippen molar-refractivity contribution >= 4 is 5.95 Å². The predicted octanol–water partition coefficient (Wildman–Crippen LogP) is 1.96. The number of anilines is 1. The third kappa shape index (κ3) is 2.32. The number of rotatable bonds is 5. The van der Waals surface area contributed by atoms with Crippen LogP contribution in [-0.2, 0) is 4.74 Å². The van der Waals surface area contributed by atoms with E-state index < -0.39 is 0 Å². The molecule has 20 heavy (non-hydrogen) atoms. The number of nitrogens with zero attached hydrogens (tertiary/aromatic N) is 5. The normalized spacial score (nSPS) is 23.8. The molecule has 1 unspecified atom stereocenters. The zero-order valence-electron chi connectivity index (χ0n) is 12.4. The summed E-state index contributed by atoms with van der Waals surface area (Å²) in [6.07, 6.45) is 4.69. The largest absolute Gasteiger partial charge is 0.373 e. The number of hydrogen-bond acceptors (Lipinski definition) is 5. The minimum atomic E-state index is 0.124. The number of ether oxygens (including phenoxy) is 1. The quantitative estimate of drug-likeness (QED) is 0.770. The molecule has 0 aromatic carbocycles. The molecule has 1 aromatic rings. The summed E-state index contributed by atoms with van der Waals surface area (Å²) in [5.74, 6) is 0.834. The second-order valence-electron chi connectivity index (χ2n) is 6.10. The van der Waals surface area contributed by atoms with Gasteiger partial charge in [0.2, 0.25) is 5.95 Å². The highest BCUT2D eigenvalue weighted by atomic mass is 16.5. The summed E-state index contributed by atoms with van der Waals surface area (Å²) in [7, 11) is 0. The first-order chi connectivity index (χ1) is 9.63. The molecule has 1 saturated carbocycles. The van der Waals surface area contributed by atoms with E-state index in [2.05, 4.69) is 33.9 Å². The van der Waals surface area contributed by atoms with Crippen LogP contribution >= 0.6 is 0 Å². The fourth-order valence-corrected chi connectivity index (χ4v) is 3.18. The highest BCUT2D eigenvalue weighted by Crippen LogP contribution is 2.47. The first-order valence-electron chi connectivity index (χ1n) is 7.45. The Hall–Kier alpha value is -1.43. The van der Waals surface area contributed by atoms with Gasteiger partial charge in [0.1, 0.15) is 0 Å². The SMILES string of the molecule is C=C(C)CN(CC)c1nnnn1C1COC2(CCC2)C1. The van der Waals surface area contributed by atoms with Crippen molar-refractivity contribution < 1.29 is 4.74 Å². The first-order valence-corrected chi connectivity index (χ1v) is 7.45. The van der Waals surface area contributed by atoms with E-state index in [-0.39, 0.29) is 11.6 Å². The second-order valence-corrected chi connectivity index (χ2v) is 6.10. The van der Waals surface area contributed by atoms with Gasteiger partial charge in [-0.1, -0.05) is 17.3 Å². The molecule has 1 saturated heterocycles. The fraction of sp³-hybridized carbons (Fsp3) is 0.786. The maximum absolute atomic E-state index is 6.01. The van der Waals surface area contributed by atoms with Crippen LogP contribution in [0.2, 0.25) is 0 Å². The van der Waals surface area contributed by atoms with Gasteiger partial charge in [-0.05, 0) is 43.5 Å². The minimum absolute atomic E-state index is 0.124. The van der Waals surface area contributed by atoms with Crippen molar-refractivity contribution in [3.63, 3.8) is 0 Å². The standard InChI is InChI=1S/C14H23N5O/c1-4-18(9-11(2)3)13-15-16-17-19(13)12-8-14(20-10-12)6-5-7-14/h12H,2,4-10H2,1,3H3. The number of tetrazole rings is 1. The summed E-state index contributed by atoms with van der Waals surface area (Å²) in [5.41, 5.74) is 1.23. The summed E-state index contributed by atoms with van der Waals surface area (Å²) in [4.78, 5) is 2.16. The third-order valence-electron chi connectivity index (χ3n) is 4.40. The van der Waals surface area contributed by atoms with Gasteiger partial charge in [0, 0.05) is 19.5 Å². The van der Waals surface area contributed by atoms with Crippen molar-refractivity contribution in [2.75, 3.05) is 24.6 Å². The number of aromatic nitrogens is 4. The van der Waals surface area contributed by atoms with Gasteiger partial charge in [0.25, 0.3) is 0 Å². The van der Waals surface area contributed by atoms with Crippen LogP contribution in [0.1, 0.15) is 45.6 Å². The Labute approximate surface area is 119 Å². The molecule has 6 nitrogen and oxygen atoms in total. The average molecular weight is 277 g/mol. The molecule has 6 heteroatoms. The van der Waals surface area contributed by atoms with Gasteiger partial charge < -0.3 is 9.64 Å². The van der Waals surface area contributed by atoms with Crippen LogP contribution in [0.3, 0.4) is 0 Å². The molecule has 1 aliphatic heterocycles. The molecular formula is C14H23N5O. The topological polar surface area (TPSA) is 56.1 Å². The molecule has 2 fully saturated rings. The van der Waals surface area contributed by atoms with Crippen LogP contribution in [0.15, 0.2) is 12.2 Å². The lowest BCUT2D eigenvalue weighted by Crippen LogP contribution is -2.36. The smallest absolute Gasteiger partial charge is 0.246 e. The van der Waals surface area contributed by atoms with Crippen LogP contribution in [0.5, 0.6) is 0 Å². The van der Waals surface area contributed by atoms with Crippen molar-refractivity contribution in [2.45, 2.75) is 51.2 Å². The van der Waals surface area contributed by atoms with Crippen LogP contribution in [0, 0.1) is 0 Å². The summed E-state index contributed by atoms with van der Waals surface area (Å²) in [6.45, 7) is 10.5. The van der Waals surface area contributed by atoms with E-state index in [1.54, 1.807) is 0 Å². The summed E-state index contributed by atoms with van der Waals surface area (Å²) < 4.78 is 7.95. The molecule has 0 radical (unpaired) electrons. The van der Waals surface area contributed by atoms with Crippen molar-refractivity contribution in [2.24, 2.45) is 0 Å². The molecule has 0 amide bonds. The second kappa shape index (κ2) is 5.16. The Morgan fingerprint density at radius 3 is 2.90 bits per heavy atom. The third-order valence-corrected chi connectivity index (χ3v) is 4.40. The first kappa shape index (κ1) is 13.5. The van der Waals surface area contributed by atoms with E-state index in [1.165, 1.54) is 19.3 Å². The van der Waals surface area contributed by atoms with Crippen LogP contribution in [0.25, 0.3) is 0 Å². The zero-order chi connectivity index (χ0) is 14.2. The fourth-order valence-electron chi connectivity index (χ4n) is 3.18. The molecule has 2 aliphatic rings. The molecule has 1 spiro atoms. The van der Waals surface area contributed by atoms with Crippen LogP contribution < -0.4 is 4.90 Å². The Kier molecular flexibility index (Phi) is 3.50. The van der Waals surface area contributed by atoms with Gasteiger partial charge in [-0.25, -0.2) is 4.68 Å². The molecule has 1 aromatic heterocycles. The van der Waals surface area contributed by atoms with E-state index in [4.69, 9.17) is 4.74 Å². The lowest BCUT2D eigenvalue weighted by Gasteiger charge is -2.37. The van der Waals surface area contributed by atoms with Gasteiger partial charge in [0.05, 0.1) is 18.2 Å². The summed E-state index contributed by atoms with van der Waals surface area (Å²) in [5, 5.41) is 12.3. The Morgan fingerprint density at radius 2 is 2.35 bits per heavy atom. The average Bonchev–Trinajstić information content (AvgIpc) is 3.00. The van der Waals surface area contributed by atoms with E-state index >= 15 is 0 Å². The van der Waals surface area contributed by atoms with E-state index in [9.17, 15) is 0 Å². The summed E-state index contributed by atoms with van der Waals surface area (Å²) in [6, 6.07) is 0.263. The molecule has 1 atom stereocenters. The Bertz CT molecular complexity index is 494. The zero-order valence-corrected chi connectivity index (χ0v) is 12.4. The maximum atomic E-state index is 6.01. The molecular weight excluding hydrogens is 254 g/mol. The highest BCUT2D eigenvalue weighted by Gasteiger charge is 2.46. The van der Waals surface area contributed by atoms with E-state index in [1.807, 2.05) is 11.6 Å². The van der Waals surface area contributed by atoms with Crippen molar-refractivity contribution in [3.8, 4) is 0 Å². The van der Waals surface area contributed by atoms with Gasteiger partial charge in [0.15, 0.2) is 0 Å². The van der Waals surface area contributed by atoms with Gasteiger partial charge >= 0.3 is 0 Å². The van der Waals surface area contributed by atoms with Gasteiger partial charge in [-0.15, -0.1) is 0 Å². The van der Waals surface area contributed by atoms with Crippen molar-refractivity contribution in [1.29, 1.82) is 0 Å². The molecule has 0 N–H and O–H groups in total. The predicted molar refractivity (Wildman–Crippen MR) is 76.7 cm³/mol. The summed E-state index contributed by atoms with van der Waals surface area (Å²) >= 11 is 0. The maximum Gasteiger partial charge on any atom is 0.246 e. The monoisotopic (exact) mass is 277 g/mol.